The normalized spacial score (nSPS) is 37.5. The van der Waals surface area contributed by atoms with Gasteiger partial charge in [0.25, 0.3) is 0 Å². The fraction of sp³-hybridized carbons (Fsp3) is 0.647. The third-order valence-electron chi connectivity index (χ3n) is 4.86. The van der Waals surface area contributed by atoms with Crippen molar-refractivity contribution in [3.05, 3.63) is 35.9 Å². The monoisotopic (exact) mass is 305 g/mol. The second-order valence-electron chi connectivity index (χ2n) is 6.90. The summed E-state index contributed by atoms with van der Waals surface area (Å²) in [6.45, 7) is 7.20. The van der Waals surface area contributed by atoms with Crippen LogP contribution in [0.2, 0.25) is 0 Å². The molecule has 0 N–H and O–H groups in total. The molecule has 0 amide bonds. The van der Waals surface area contributed by atoms with Crippen molar-refractivity contribution in [3.63, 3.8) is 0 Å². The van der Waals surface area contributed by atoms with Gasteiger partial charge in [-0.25, -0.2) is 0 Å². The smallest absolute Gasteiger partial charge is 0.163 e. The van der Waals surface area contributed by atoms with Crippen LogP contribution in [0, 0.1) is 5.92 Å². The molecule has 3 aliphatic heterocycles. The van der Waals surface area contributed by atoms with E-state index in [1.54, 1.807) is 0 Å². The lowest BCUT2D eigenvalue weighted by atomic mass is 9.82. The van der Waals surface area contributed by atoms with Crippen LogP contribution in [0.5, 0.6) is 0 Å². The van der Waals surface area contributed by atoms with Gasteiger partial charge in [0.2, 0.25) is 0 Å². The lowest BCUT2D eigenvalue weighted by Crippen LogP contribution is -2.57. The molecular weight excluding hydrogens is 282 g/mol. The van der Waals surface area contributed by atoms with E-state index in [1.165, 1.54) is 5.56 Å². The molecule has 1 spiro atoms. The number of hydrogen-bond acceptors (Lipinski definition) is 5. The van der Waals surface area contributed by atoms with Crippen LogP contribution in [0.3, 0.4) is 0 Å². The van der Waals surface area contributed by atoms with Crippen molar-refractivity contribution in [1.29, 1.82) is 0 Å². The predicted molar refractivity (Wildman–Crippen MR) is 79.9 cm³/mol. The van der Waals surface area contributed by atoms with Crippen molar-refractivity contribution in [3.8, 4) is 0 Å². The molecule has 120 valence electrons. The predicted octanol–water partition coefficient (Wildman–Crippen LogP) is 1.97. The standard InChI is InChI=1S/C17H23NO4/c1-16(2)20-12-17(22-16)11-19-10-15-14(17)9-21-18(15)8-13-6-4-3-5-7-13/h3-7,14-15H,8-12H2,1-2H3/t14-,15-,17?/m1/s1. The Morgan fingerprint density at radius 3 is 2.68 bits per heavy atom. The van der Waals surface area contributed by atoms with Gasteiger partial charge in [-0.3, -0.25) is 4.84 Å². The van der Waals surface area contributed by atoms with E-state index in [4.69, 9.17) is 19.0 Å². The first-order valence-corrected chi connectivity index (χ1v) is 7.93. The second-order valence-corrected chi connectivity index (χ2v) is 6.90. The minimum absolute atomic E-state index is 0.214. The molecule has 3 saturated heterocycles. The van der Waals surface area contributed by atoms with Gasteiger partial charge in [0.1, 0.15) is 5.60 Å². The Bertz CT molecular complexity index is 535. The molecule has 22 heavy (non-hydrogen) atoms. The zero-order chi connectivity index (χ0) is 15.2. The molecule has 3 atom stereocenters. The summed E-state index contributed by atoms with van der Waals surface area (Å²) >= 11 is 0. The summed E-state index contributed by atoms with van der Waals surface area (Å²) in [7, 11) is 0. The summed E-state index contributed by atoms with van der Waals surface area (Å²) in [6.07, 6.45) is 0. The molecule has 0 aromatic heterocycles. The van der Waals surface area contributed by atoms with E-state index in [0.29, 0.717) is 26.4 Å². The Morgan fingerprint density at radius 2 is 1.95 bits per heavy atom. The molecule has 3 aliphatic rings. The molecule has 1 aromatic rings. The second kappa shape index (κ2) is 5.28. The lowest BCUT2D eigenvalue weighted by molar-refractivity contribution is -0.209. The van der Waals surface area contributed by atoms with Crippen LogP contribution in [0.15, 0.2) is 30.3 Å². The van der Waals surface area contributed by atoms with Gasteiger partial charge in [0.05, 0.1) is 32.5 Å². The van der Waals surface area contributed by atoms with Crippen molar-refractivity contribution in [1.82, 2.24) is 5.06 Å². The summed E-state index contributed by atoms with van der Waals surface area (Å²) in [4.78, 5) is 5.98. The number of rotatable bonds is 2. The van der Waals surface area contributed by atoms with E-state index >= 15 is 0 Å². The number of nitrogens with zero attached hydrogens (tertiary/aromatic N) is 1. The molecule has 0 saturated carbocycles. The van der Waals surface area contributed by atoms with Gasteiger partial charge in [-0.1, -0.05) is 30.3 Å². The first kappa shape index (κ1) is 14.6. The summed E-state index contributed by atoms with van der Waals surface area (Å²) in [5.41, 5.74) is 0.865. The molecule has 5 nitrogen and oxygen atoms in total. The van der Waals surface area contributed by atoms with Crippen LogP contribution in [0.4, 0.5) is 0 Å². The van der Waals surface area contributed by atoms with Crippen LogP contribution in [0.25, 0.3) is 0 Å². The minimum atomic E-state index is -0.544. The zero-order valence-corrected chi connectivity index (χ0v) is 13.2. The summed E-state index contributed by atoms with van der Waals surface area (Å²) in [5, 5.41) is 2.05. The van der Waals surface area contributed by atoms with E-state index in [1.807, 2.05) is 19.9 Å². The van der Waals surface area contributed by atoms with Gasteiger partial charge in [-0.15, -0.1) is 0 Å². The molecular formula is C17H23NO4. The fourth-order valence-corrected chi connectivity index (χ4v) is 3.77. The lowest BCUT2D eigenvalue weighted by Gasteiger charge is -2.41. The fourth-order valence-electron chi connectivity index (χ4n) is 3.77. The Labute approximate surface area is 131 Å². The van der Waals surface area contributed by atoms with E-state index in [-0.39, 0.29) is 17.6 Å². The molecule has 0 radical (unpaired) electrons. The Balaban J connectivity index is 1.52. The van der Waals surface area contributed by atoms with Crippen LogP contribution in [-0.2, 0) is 25.6 Å². The van der Waals surface area contributed by atoms with E-state index in [2.05, 4.69) is 29.3 Å². The first-order chi connectivity index (χ1) is 10.6. The number of hydrogen-bond donors (Lipinski definition) is 0. The molecule has 4 rings (SSSR count). The highest BCUT2D eigenvalue weighted by atomic mass is 16.8. The van der Waals surface area contributed by atoms with E-state index in [9.17, 15) is 0 Å². The topological polar surface area (TPSA) is 40.2 Å². The summed E-state index contributed by atoms with van der Waals surface area (Å²) in [5.74, 6) is -0.260. The maximum absolute atomic E-state index is 6.24. The van der Waals surface area contributed by atoms with Gasteiger partial charge >= 0.3 is 0 Å². The van der Waals surface area contributed by atoms with Crippen molar-refractivity contribution in [2.45, 2.75) is 37.8 Å². The molecule has 0 bridgehead atoms. The average Bonchev–Trinajstić information content (AvgIpc) is 3.04. The third-order valence-corrected chi connectivity index (χ3v) is 4.86. The maximum atomic E-state index is 6.24. The van der Waals surface area contributed by atoms with E-state index in [0.717, 1.165) is 6.54 Å². The Hall–Kier alpha value is -0.980. The van der Waals surface area contributed by atoms with Crippen molar-refractivity contribution >= 4 is 0 Å². The Morgan fingerprint density at radius 1 is 1.14 bits per heavy atom. The minimum Gasteiger partial charge on any atom is -0.377 e. The molecule has 3 heterocycles. The molecule has 3 fully saturated rings. The Kier molecular flexibility index (Phi) is 3.51. The number of hydroxylamine groups is 2. The van der Waals surface area contributed by atoms with Crippen molar-refractivity contribution < 1.29 is 19.0 Å². The number of benzene rings is 1. The van der Waals surface area contributed by atoms with E-state index < -0.39 is 5.79 Å². The largest absolute Gasteiger partial charge is 0.377 e. The number of ether oxygens (including phenoxy) is 3. The summed E-state index contributed by atoms with van der Waals surface area (Å²) < 4.78 is 17.9. The molecule has 5 heteroatoms. The van der Waals surface area contributed by atoms with Gasteiger partial charge in [-0.05, 0) is 19.4 Å². The van der Waals surface area contributed by atoms with Crippen LogP contribution < -0.4 is 0 Å². The highest BCUT2D eigenvalue weighted by Gasteiger charge is 2.58. The quantitative estimate of drug-likeness (QED) is 0.835. The number of fused-ring (bicyclic) bond motifs is 2. The third kappa shape index (κ3) is 2.47. The highest BCUT2D eigenvalue weighted by Crippen LogP contribution is 2.44. The zero-order valence-electron chi connectivity index (χ0n) is 13.2. The van der Waals surface area contributed by atoms with Crippen LogP contribution in [-0.4, -0.2) is 48.9 Å². The average molecular weight is 305 g/mol. The summed E-state index contributed by atoms with van der Waals surface area (Å²) in [6, 6.07) is 10.6. The SMILES string of the molecule is CC1(C)OCC2(COC[C@@H]3[C@H]2CON3Cc2ccccc2)O1. The van der Waals surface area contributed by atoms with Gasteiger partial charge in [0.15, 0.2) is 5.79 Å². The van der Waals surface area contributed by atoms with Gasteiger partial charge < -0.3 is 14.2 Å². The molecule has 1 unspecified atom stereocenters. The van der Waals surface area contributed by atoms with Crippen LogP contribution in [0.1, 0.15) is 19.4 Å². The van der Waals surface area contributed by atoms with Gasteiger partial charge in [0, 0.05) is 12.5 Å². The first-order valence-electron chi connectivity index (χ1n) is 7.93. The van der Waals surface area contributed by atoms with Gasteiger partial charge in [-0.2, -0.15) is 5.06 Å². The van der Waals surface area contributed by atoms with Crippen LogP contribution >= 0.6 is 0 Å². The van der Waals surface area contributed by atoms with Crippen molar-refractivity contribution in [2.75, 3.05) is 26.4 Å². The molecule has 1 aromatic carbocycles. The maximum Gasteiger partial charge on any atom is 0.163 e. The highest BCUT2D eigenvalue weighted by molar-refractivity contribution is 5.15. The van der Waals surface area contributed by atoms with Crippen molar-refractivity contribution in [2.24, 2.45) is 5.92 Å². The molecule has 0 aliphatic carbocycles.